The first kappa shape index (κ1) is 17.1. The van der Waals surface area contributed by atoms with E-state index >= 15 is 0 Å². The van der Waals surface area contributed by atoms with Crippen LogP contribution in [0.2, 0.25) is 0 Å². The predicted molar refractivity (Wildman–Crippen MR) is 115 cm³/mol. The van der Waals surface area contributed by atoms with Gasteiger partial charge >= 0.3 is 0 Å². The Labute approximate surface area is 179 Å². The highest BCUT2D eigenvalue weighted by Crippen LogP contribution is 2.72. The van der Waals surface area contributed by atoms with E-state index in [4.69, 9.17) is 0 Å². The number of benzene rings is 3. The molecule has 2 aliphatic heterocycles. The standard InChI is InChI=1S/C26H19N3O2/c1-15-10-12-16(13-11-15)29-23(30)25-14-27-28-26(25,24(29)31)22-19-8-4-2-6-17(19)21(25)18-7-3-5-9-20(18)22/h2-13,21-22H,14H2,1H3. The molecule has 0 saturated carbocycles. The molecule has 3 aromatic carbocycles. The Morgan fingerprint density at radius 3 is 1.90 bits per heavy atom. The molecule has 5 heteroatoms. The molecular weight excluding hydrogens is 386 g/mol. The highest BCUT2D eigenvalue weighted by Gasteiger charge is 2.82. The van der Waals surface area contributed by atoms with Crippen molar-refractivity contribution in [1.82, 2.24) is 0 Å². The van der Waals surface area contributed by atoms with Crippen LogP contribution in [0.15, 0.2) is 83.0 Å². The number of aryl methyl sites for hydroxylation is 1. The van der Waals surface area contributed by atoms with Gasteiger partial charge in [-0.15, -0.1) is 0 Å². The molecule has 0 N–H and O–H groups in total. The van der Waals surface area contributed by atoms with Crippen LogP contribution in [0.25, 0.3) is 0 Å². The smallest absolute Gasteiger partial charge is 0.265 e. The van der Waals surface area contributed by atoms with Gasteiger partial charge in [0.05, 0.1) is 12.2 Å². The molecule has 2 amide bonds. The van der Waals surface area contributed by atoms with Crippen molar-refractivity contribution in [2.45, 2.75) is 24.3 Å². The van der Waals surface area contributed by atoms with Gasteiger partial charge in [-0.25, -0.2) is 4.90 Å². The summed E-state index contributed by atoms with van der Waals surface area (Å²) in [5.74, 6) is -0.984. The second kappa shape index (κ2) is 5.35. The van der Waals surface area contributed by atoms with Crippen LogP contribution in [-0.4, -0.2) is 23.9 Å². The Morgan fingerprint density at radius 1 is 0.774 bits per heavy atom. The minimum Gasteiger partial charge on any atom is -0.273 e. The molecule has 0 aromatic heterocycles. The molecule has 5 nitrogen and oxygen atoms in total. The second-order valence-electron chi connectivity index (χ2n) is 9.04. The van der Waals surface area contributed by atoms with Gasteiger partial charge in [0.15, 0.2) is 5.54 Å². The van der Waals surface area contributed by atoms with Crippen molar-refractivity contribution >= 4 is 17.5 Å². The maximum absolute atomic E-state index is 14.2. The molecule has 3 aliphatic carbocycles. The number of nitrogens with zero attached hydrogens (tertiary/aromatic N) is 3. The number of hydrogen-bond acceptors (Lipinski definition) is 4. The number of imide groups is 1. The second-order valence-corrected chi connectivity index (χ2v) is 9.04. The molecule has 1 saturated heterocycles. The summed E-state index contributed by atoms with van der Waals surface area (Å²) >= 11 is 0. The van der Waals surface area contributed by atoms with Crippen LogP contribution >= 0.6 is 0 Å². The Hall–Kier alpha value is -3.60. The maximum Gasteiger partial charge on any atom is 0.265 e. The molecule has 1 fully saturated rings. The summed E-state index contributed by atoms with van der Waals surface area (Å²) in [5, 5.41) is 9.06. The highest BCUT2D eigenvalue weighted by molar-refractivity contribution is 6.29. The largest absolute Gasteiger partial charge is 0.273 e. The number of carbonyl (C=O) groups is 2. The number of hydrogen-bond donors (Lipinski definition) is 0. The van der Waals surface area contributed by atoms with E-state index in [0.717, 1.165) is 27.8 Å². The highest BCUT2D eigenvalue weighted by atomic mass is 16.2. The lowest BCUT2D eigenvalue weighted by molar-refractivity contribution is -0.129. The fourth-order valence-corrected chi connectivity index (χ4v) is 6.59. The summed E-state index contributed by atoms with van der Waals surface area (Å²) in [4.78, 5) is 29.8. The van der Waals surface area contributed by atoms with Gasteiger partial charge in [-0.3, -0.25) is 9.59 Å². The summed E-state index contributed by atoms with van der Waals surface area (Å²) < 4.78 is 0. The van der Waals surface area contributed by atoms with Crippen LogP contribution in [0.4, 0.5) is 5.69 Å². The van der Waals surface area contributed by atoms with E-state index in [9.17, 15) is 9.59 Å². The summed E-state index contributed by atoms with van der Waals surface area (Å²) in [5.41, 5.74) is 3.89. The van der Waals surface area contributed by atoms with Crippen LogP contribution in [0, 0.1) is 12.3 Å². The average molecular weight is 405 g/mol. The van der Waals surface area contributed by atoms with Crippen LogP contribution in [0.3, 0.4) is 0 Å². The van der Waals surface area contributed by atoms with Gasteiger partial charge in [-0.05, 0) is 41.3 Å². The zero-order chi connectivity index (χ0) is 21.0. The third-order valence-corrected chi connectivity index (χ3v) is 7.78. The molecular formula is C26H19N3O2. The van der Waals surface area contributed by atoms with Crippen molar-refractivity contribution < 1.29 is 9.59 Å². The van der Waals surface area contributed by atoms with E-state index < -0.39 is 11.0 Å². The zero-order valence-corrected chi connectivity index (χ0v) is 16.9. The van der Waals surface area contributed by atoms with Crippen molar-refractivity contribution in [2.75, 3.05) is 11.4 Å². The lowest BCUT2D eigenvalue weighted by Gasteiger charge is -2.54. The van der Waals surface area contributed by atoms with Gasteiger partial charge in [0.1, 0.15) is 5.41 Å². The quantitative estimate of drug-likeness (QED) is 0.565. The number of amides is 2. The molecule has 31 heavy (non-hydrogen) atoms. The molecule has 2 unspecified atom stereocenters. The van der Waals surface area contributed by atoms with E-state index in [1.165, 1.54) is 4.90 Å². The van der Waals surface area contributed by atoms with E-state index in [1.807, 2.05) is 55.5 Å². The molecule has 2 bridgehead atoms. The summed E-state index contributed by atoms with van der Waals surface area (Å²) in [6.45, 7) is 2.23. The van der Waals surface area contributed by atoms with Crippen LogP contribution in [0.1, 0.15) is 39.7 Å². The predicted octanol–water partition coefficient (Wildman–Crippen LogP) is 4.35. The first-order valence-corrected chi connectivity index (χ1v) is 10.6. The Balaban J connectivity index is 1.57. The average Bonchev–Trinajstić information content (AvgIpc) is 3.30. The van der Waals surface area contributed by atoms with Gasteiger partial charge in [0.2, 0.25) is 5.91 Å². The lowest BCUT2D eigenvalue weighted by atomic mass is 9.45. The normalized spacial score (nSPS) is 31.5. The molecule has 2 atom stereocenters. The molecule has 150 valence electrons. The third-order valence-electron chi connectivity index (χ3n) is 7.78. The van der Waals surface area contributed by atoms with Crippen LogP contribution in [0.5, 0.6) is 0 Å². The molecule has 3 aromatic rings. The van der Waals surface area contributed by atoms with E-state index in [0.29, 0.717) is 5.69 Å². The van der Waals surface area contributed by atoms with Crippen molar-refractivity contribution in [3.05, 3.63) is 101 Å². The molecule has 2 heterocycles. The minimum absolute atomic E-state index is 0.176. The SMILES string of the molecule is Cc1ccc(N2C(=O)C34CN=NC3(C2=O)C2c3ccccc3C4c3ccccc32)cc1. The van der Waals surface area contributed by atoms with Crippen molar-refractivity contribution in [3.63, 3.8) is 0 Å². The first-order valence-electron chi connectivity index (χ1n) is 10.6. The van der Waals surface area contributed by atoms with E-state index in [-0.39, 0.29) is 30.2 Å². The Kier molecular flexibility index (Phi) is 2.96. The monoisotopic (exact) mass is 405 g/mol. The van der Waals surface area contributed by atoms with Gasteiger partial charge < -0.3 is 0 Å². The maximum atomic E-state index is 14.2. The van der Waals surface area contributed by atoms with Crippen molar-refractivity contribution in [3.8, 4) is 0 Å². The summed E-state index contributed by atoms with van der Waals surface area (Å²) in [7, 11) is 0. The number of rotatable bonds is 1. The zero-order valence-electron chi connectivity index (χ0n) is 16.9. The minimum atomic E-state index is -1.22. The number of anilines is 1. The lowest BCUT2D eigenvalue weighted by Crippen LogP contribution is -2.61. The third kappa shape index (κ3) is 1.66. The van der Waals surface area contributed by atoms with Crippen molar-refractivity contribution in [2.24, 2.45) is 15.6 Å². The van der Waals surface area contributed by atoms with Gasteiger partial charge in [0.25, 0.3) is 5.91 Å². The molecule has 0 radical (unpaired) electrons. The molecule has 0 spiro atoms. The fourth-order valence-electron chi connectivity index (χ4n) is 6.59. The Bertz CT molecular complexity index is 1300. The van der Waals surface area contributed by atoms with E-state index in [1.54, 1.807) is 0 Å². The summed E-state index contributed by atoms with van der Waals surface area (Å²) in [6, 6.07) is 24.0. The molecule has 8 rings (SSSR count). The first-order chi connectivity index (χ1) is 15.1. The van der Waals surface area contributed by atoms with Gasteiger partial charge in [-0.1, -0.05) is 66.2 Å². The van der Waals surface area contributed by atoms with Crippen LogP contribution in [-0.2, 0) is 9.59 Å². The topological polar surface area (TPSA) is 62.1 Å². The number of azo groups is 1. The van der Waals surface area contributed by atoms with Gasteiger partial charge in [0, 0.05) is 11.8 Å². The van der Waals surface area contributed by atoms with Gasteiger partial charge in [-0.2, -0.15) is 10.2 Å². The summed E-state index contributed by atoms with van der Waals surface area (Å²) in [6.07, 6.45) is 0. The van der Waals surface area contributed by atoms with E-state index in [2.05, 4.69) is 34.5 Å². The molecule has 5 aliphatic rings. The van der Waals surface area contributed by atoms with Crippen molar-refractivity contribution in [1.29, 1.82) is 0 Å². The Morgan fingerprint density at radius 2 is 1.32 bits per heavy atom. The van der Waals surface area contributed by atoms with Crippen LogP contribution < -0.4 is 4.90 Å². The number of carbonyl (C=O) groups excluding carboxylic acids is 2. The fraction of sp³-hybridized carbons (Fsp3) is 0.231.